The van der Waals surface area contributed by atoms with Gasteiger partial charge in [-0.15, -0.1) is 11.3 Å². The third kappa shape index (κ3) is 4.96. The van der Waals surface area contributed by atoms with Gasteiger partial charge >= 0.3 is 0 Å². The monoisotopic (exact) mass is 467 g/mol. The Hall–Kier alpha value is -3.69. The van der Waals surface area contributed by atoms with Crippen molar-refractivity contribution in [1.82, 2.24) is 4.98 Å². The van der Waals surface area contributed by atoms with Crippen molar-refractivity contribution in [2.75, 3.05) is 10.6 Å². The number of rotatable bonds is 6. The summed E-state index contributed by atoms with van der Waals surface area (Å²) in [6.45, 7) is 0. The lowest BCUT2D eigenvalue weighted by Gasteiger charge is -2.11. The average Bonchev–Trinajstić information content (AvgIpc) is 3.47. The zero-order chi connectivity index (χ0) is 22.5. The lowest BCUT2D eigenvalue weighted by molar-refractivity contribution is -0.118. The van der Waals surface area contributed by atoms with E-state index in [0.717, 1.165) is 10.6 Å². The number of nitrogens with zero attached hydrogens (tertiary/aromatic N) is 1. The van der Waals surface area contributed by atoms with Gasteiger partial charge < -0.3 is 10.6 Å². The number of halogens is 2. The second-order valence-corrected chi connectivity index (χ2v) is 8.15. The Morgan fingerprint density at radius 1 is 0.844 bits per heavy atom. The van der Waals surface area contributed by atoms with Gasteiger partial charge in [0.05, 0.1) is 17.1 Å². The zero-order valence-corrected chi connectivity index (χ0v) is 18.0. The highest BCUT2D eigenvalue weighted by Crippen LogP contribution is 2.27. The number of hydrogen-bond donors (Lipinski definition) is 2. The van der Waals surface area contributed by atoms with Crippen LogP contribution in [0.5, 0.6) is 0 Å². The molecule has 0 fully saturated rings. The molecule has 2 aromatic heterocycles. The molecule has 0 spiro atoms. The van der Waals surface area contributed by atoms with Crippen molar-refractivity contribution in [3.05, 3.63) is 93.6 Å². The molecule has 4 rings (SSSR count). The quantitative estimate of drug-likeness (QED) is 0.214. The number of nitrogens with one attached hydrogen (secondary N) is 2. The number of aromatic nitrogens is 1. The molecule has 2 amide bonds. The summed E-state index contributed by atoms with van der Waals surface area (Å²) in [4.78, 5) is 30.2. The Morgan fingerprint density at radius 2 is 1.44 bits per heavy atom. The molecule has 2 heterocycles. The van der Waals surface area contributed by atoms with E-state index in [4.69, 9.17) is 0 Å². The summed E-state index contributed by atoms with van der Waals surface area (Å²) >= 11 is 2.88. The molecular formula is C23H15F2N3O2S2. The van der Waals surface area contributed by atoms with Gasteiger partial charge in [-0.3, -0.25) is 9.59 Å². The van der Waals surface area contributed by atoms with Crippen LogP contribution in [0.1, 0.15) is 5.69 Å². The molecule has 0 saturated heterocycles. The van der Waals surface area contributed by atoms with Crippen molar-refractivity contribution in [3.8, 4) is 10.6 Å². The Balaban J connectivity index is 1.66. The highest BCUT2D eigenvalue weighted by atomic mass is 32.1. The number of amides is 2. The first-order chi connectivity index (χ1) is 15.5. The van der Waals surface area contributed by atoms with E-state index in [1.54, 1.807) is 17.5 Å². The van der Waals surface area contributed by atoms with E-state index in [2.05, 4.69) is 15.6 Å². The summed E-state index contributed by atoms with van der Waals surface area (Å²) in [6, 6.07) is 13.1. The molecule has 0 bridgehead atoms. The first-order valence-electron chi connectivity index (χ1n) is 9.33. The first kappa shape index (κ1) is 21.5. The van der Waals surface area contributed by atoms with Crippen LogP contribution in [-0.2, 0) is 9.59 Å². The van der Waals surface area contributed by atoms with E-state index in [9.17, 15) is 18.4 Å². The molecule has 0 aliphatic rings. The van der Waals surface area contributed by atoms with E-state index in [-0.39, 0.29) is 16.9 Å². The molecule has 0 aliphatic heterocycles. The third-order valence-electron chi connectivity index (χ3n) is 4.32. The summed E-state index contributed by atoms with van der Waals surface area (Å²) in [5.74, 6) is -3.01. The summed E-state index contributed by atoms with van der Waals surface area (Å²) < 4.78 is 28.0. The Bertz CT molecular complexity index is 1240. The van der Waals surface area contributed by atoms with Gasteiger partial charge in [-0.2, -0.15) is 11.3 Å². The highest BCUT2D eigenvalue weighted by Gasteiger charge is 2.21. The molecule has 0 aliphatic carbocycles. The minimum Gasteiger partial charge on any atom is -0.319 e. The number of thiazole rings is 1. The molecule has 5 nitrogen and oxygen atoms in total. The van der Waals surface area contributed by atoms with Crippen LogP contribution in [0.2, 0.25) is 0 Å². The van der Waals surface area contributed by atoms with Crippen LogP contribution >= 0.6 is 22.7 Å². The fourth-order valence-corrected chi connectivity index (χ4v) is 4.25. The van der Waals surface area contributed by atoms with Gasteiger partial charge in [-0.05, 0) is 41.8 Å². The molecule has 0 unspecified atom stereocenters. The number of hydrogen-bond acceptors (Lipinski definition) is 5. The molecule has 0 atom stereocenters. The van der Waals surface area contributed by atoms with Crippen LogP contribution in [0.15, 0.2) is 76.3 Å². The van der Waals surface area contributed by atoms with Crippen LogP contribution in [0.4, 0.5) is 20.2 Å². The molecule has 0 radical (unpaired) electrons. The number of benzene rings is 2. The van der Waals surface area contributed by atoms with Crippen molar-refractivity contribution in [2.24, 2.45) is 0 Å². The van der Waals surface area contributed by atoms with Crippen molar-refractivity contribution < 1.29 is 18.4 Å². The zero-order valence-electron chi connectivity index (χ0n) is 16.3. The maximum atomic E-state index is 14.0. The van der Waals surface area contributed by atoms with Crippen LogP contribution in [0.25, 0.3) is 16.6 Å². The topological polar surface area (TPSA) is 71.1 Å². The van der Waals surface area contributed by atoms with Gasteiger partial charge in [0, 0.05) is 16.3 Å². The summed E-state index contributed by atoms with van der Waals surface area (Å²) in [5.41, 5.74) is 0.781. The van der Waals surface area contributed by atoms with E-state index in [1.807, 2.05) is 16.8 Å². The van der Waals surface area contributed by atoms with Crippen LogP contribution < -0.4 is 10.6 Å². The van der Waals surface area contributed by atoms with Crippen LogP contribution in [-0.4, -0.2) is 16.8 Å². The number of thiophene rings is 1. The van der Waals surface area contributed by atoms with Gasteiger partial charge in [0.2, 0.25) is 0 Å². The highest BCUT2D eigenvalue weighted by molar-refractivity contribution is 7.14. The molecule has 32 heavy (non-hydrogen) atoms. The maximum absolute atomic E-state index is 14.0. The van der Waals surface area contributed by atoms with Gasteiger partial charge in [0.1, 0.15) is 22.2 Å². The van der Waals surface area contributed by atoms with Crippen molar-refractivity contribution in [2.45, 2.75) is 0 Å². The SMILES string of the molecule is O=C(Nc1ccccc1F)C(=Cc1csc(-c2ccsc2)n1)C(=O)Nc1ccccc1F. The van der Waals surface area contributed by atoms with Gasteiger partial charge in [0.15, 0.2) is 0 Å². The Labute approximate surface area is 190 Å². The van der Waals surface area contributed by atoms with Crippen LogP contribution in [0, 0.1) is 11.6 Å². The number of para-hydroxylation sites is 2. The Morgan fingerprint density at radius 3 is 1.97 bits per heavy atom. The standard InChI is InChI=1S/C23H15F2N3O2S2/c24-17-5-1-3-7-19(17)27-21(29)16(22(30)28-20-8-4-2-6-18(20)25)11-15-13-32-23(26-15)14-9-10-31-12-14/h1-13H,(H,27,29)(H,28,30). The summed E-state index contributed by atoms with van der Waals surface area (Å²) in [5, 5.41) is 11.0. The molecule has 4 aromatic rings. The van der Waals surface area contributed by atoms with E-state index in [1.165, 1.54) is 65.1 Å². The normalized spacial score (nSPS) is 10.4. The van der Waals surface area contributed by atoms with E-state index in [0.29, 0.717) is 5.69 Å². The molecule has 2 aromatic carbocycles. The summed E-state index contributed by atoms with van der Waals surface area (Å²) in [7, 11) is 0. The average molecular weight is 468 g/mol. The smallest absolute Gasteiger partial charge is 0.261 e. The van der Waals surface area contributed by atoms with Gasteiger partial charge in [0.25, 0.3) is 11.8 Å². The minimum atomic E-state index is -0.853. The fourth-order valence-electron chi connectivity index (χ4n) is 2.76. The first-order valence-corrected chi connectivity index (χ1v) is 11.1. The lowest BCUT2D eigenvalue weighted by atomic mass is 10.1. The van der Waals surface area contributed by atoms with E-state index >= 15 is 0 Å². The molecule has 2 N–H and O–H groups in total. The number of carbonyl (C=O) groups excluding carboxylic acids is 2. The maximum Gasteiger partial charge on any atom is 0.261 e. The van der Waals surface area contributed by atoms with Crippen molar-refractivity contribution in [3.63, 3.8) is 0 Å². The molecule has 160 valence electrons. The molecule has 9 heteroatoms. The number of carbonyl (C=O) groups is 2. The third-order valence-corrected chi connectivity index (χ3v) is 5.91. The van der Waals surface area contributed by atoms with E-state index < -0.39 is 23.4 Å². The second-order valence-electron chi connectivity index (χ2n) is 6.52. The largest absolute Gasteiger partial charge is 0.319 e. The van der Waals surface area contributed by atoms with Crippen LogP contribution in [0.3, 0.4) is 0 Å². The number of anilines is 2. The predicted octanol–water partition coefficient (Wildman–Crippen LogP) is 5.81. The second kappa shape index (κ2) is 9.63. The lowest BCUT2D eigenvalue weighted by Crippen LogP contribution is -2.26. The van der Waals surface area contributed by atoms with Gasteiger partial charge in [-0.25, -0.2) is 13.8 Å². The predicted molar refractivity (Wildman–Crippen MR) is 123 cm³/mol. The summed E-state index contributed by atoms with van der Waals surface area (Å²) in [6.07, 6.45) is 1.29. The minimum absolute atomic E-state index is 0.0840. The molecule has 0 saturated carbocycles. The van der Waals surface area contributed by atoms with Gasteiger partial charge in [-0.1, -0.05) is 24.3 Å². The van der Waals surface area contributed by atoms with Crippen molar-refractivity contribution >= 4 is 51.9 Å². The Kier molecular flexibility index (Phi) is 6.48. The van der Waals surface area contributed by atoms with Crippen molar-refractivity contribution in [1.29, 1.82) is 0 Å². The fraction of sp³-hybridized carbons (Fsp3) is 0. The molecular weight excluding hydrogens is 452 g/mol.